The number of nitrogens with zero attached hydrogens (tertiary/aromatic N) is 1. The Morgan fingerprint density at radius 2 is 2.22 bits per heavy atom. The largest absolute Gasteiger partial charge is 0.481 e. The average Bonchev–Trinajstić information content (AvgIpc) is 2.31. The second-order valence-corrected chi connectivity index (χ2v) is 4.61. The summed E-state index contributed by atoms with van der Waals surface area (Å²) >= 11 is 5.69. The zero-order valence-corrected chi connectivity index (χ0v) is 10.4. The third-order valence-corrected chi connectivity index (χ3v) is 3.02. The van der Waals surface area contributed by atoms with Crippen LogP contribution in [0, 0.1) is 11.7 Å². The van der Waals surface area contributed by atoms with Crippen LogP contribution in [0.2, 0.25) is 5.02 Å². The molecule has 18 heavy (non-hydrogen) atoms. The summed E-state index contributed by atoms with van der Waals surface area (Å²) in [4.78, 5) is 15.1. The molecule has 3 nitrogen and oxygen atoms in total. The Balaban J connectivity index is 2.38. The minimum absolute atomic E-state index is 0.0124. The first-order valence-corrected chi connectivity index (χ1v) is 5.82. The third kappa shape index (κ3) is 2.59. The quantitative estimate of drug-likeness (QED) is 0.928. The molecular formula is C13H11ClFNO2. The predicted octanol–water partition coefficient (Wildman–Crippen LogP) is 3.29. The number of rotatable bonds is 3. The Bertz CT molecular complexity index is 615. The summed E-state index contributed by atoms with van der Waals surface area (Å²) in [5, 5.41) is 9.49. The van der Waals surface area contributed by atoms with Gasteiger partial charge in [-0.15, -0.1) is 0 Å². The van der Waals surface area contributed by atoms with E-state index in [4.69, 9.17) is 16.7 Å². The molecule has 5 heteroatoms. The van der Waals surface area contributed by atoms with Crippen molar-refractivity contribution in [3.8, 4) is 0 Å². The molecule has 0 radical (unpaired) electrons. The van der Waals surface area contributed by atoms with E-state index in [1.54, 1.807) is 19.1 Å². The minimum Gasteiger partial charge on any atom is -0.481 e. The monoisotopic (exact) mass is 267 g/mol. The molecule has 1 N–H and O–H groups in total. The summed E-state index contributed by atoms with van der Waals surface area (Å²) in [6, 6.07) is 6.18. The number of carboxylic acid groups (broad SMARTS) is 1. The molecule has 1 heterocycles. The fourth-order valence-corrected chi connectivity index (χ4v) is 1.83. The molecule has 0 saturated heterocycles. The molecule has 0 amide bonds. The van der Waals surface area contributed by atoms with Crippen LogP contribution in [-0.4, -0.2) is 16.1 Å². The predicted molar refractivity (Wildman–Crippen MR) is 67.2 cm³/mol. The first-order valence-electron chi connectivity index (χ1n) is 5.45. The lowest BCUT2D eigenvalue weighted by Crippen LogP contribution is -2.13. The van der Waals surface area contributed by atoms with Gasteiger partial charge in [-0.1, -0.05) is 24.6 Å². The lowest BCUT2D eigenvalue weighted by atomic mass is 10.0. The summed E-state index contributed by atoms with van der Waals surface area (Å²) in [7, 11) is 0. The Kier molecular flexibility index (Phi) is 3.48. The Morgan fingerprint density at radius 3 is 2.89 bits per heavy atom. The Morgan fingerprint density at radius 1 is 1.50 bits per heavy atom. The highest BCUT2D eigenvalue weighted by molar-refractivity contribution is 6.31. The molecule has 0 aliphatic rings. The molecule has 1 aromatic carbocycles. The van der Waals surface area contributed by atoms with Crippen molar-refractivity contribution in [2.24, 2.45) is 5.92 Å². The van der Waals surface area contributed by atoms with Crippen molar-refractivity contribution in [1.29, 1.82) is 0 Å². The smallest absolute Gasteiger partial charge is 0.306 e. The number of carboxylic acids is 1. The van der Waals surface area contributed by atoms with E-state index < -0.39 is 17.7 Å². The summed E-state index contributed by atoms with van der Waals surface area (Å²) in [6.07, 6.45) is 0.334. The number of carbonyl (C=O) groups is 1. The normalized spacial score (nSPS) is 12.6. The number of aliphatic carboxylic acids is 1. The molecule has 0 spiro atoms. The number of pyridine rings is 1. The third-order valence-electron chi connectivity index (χ3n) is 2.73. The van der Waals surface area contributed by atoms with Crippen molar-refractivity contribution in [2.75, 3.05) is 0 Å². The van der Waals surface area contributed by atoms with E-state index in [1.165, 1.54) is 12.1 Å². The van der Waals surface area contributed by atoms with E-state index in [2.05, 4.69) is 4.98 Å². The van der Waals surface area contributed by atoms with Crippen molar-refractivity contribution >= 4 is 28.5 Å². The highest BCUT2D eigenvalue weighted by Gasteiger charge is 2.13. The molecule has 0 aliphatic heterocycles. The number of hydrogen-bond acceptors (Lipinski definition) is 2. The van der Waals surface area contributed by atoms with Crippen LogP contribution in [-0.2, 0) is 11.2 Å². The summed E-state index contributed by atoms with van der Waals surface area (Å²) in [5.74, 6) is -1.86. The zero-order chi connectivity index (χ0) is 13.3. The van der Waals surface area contributed by atoms with Crippen LogP contribution >= 0.6 is 11.6 Å². The average molecular weight is 268 g/mol. The van der Waals surface area contributed by atoms with Gasteiger partial charge in [0.2, 0.25) is 0 Å². The lowest BCUT2D eigenvalue weighted by molar-refractivity contribution is -0.141. The topological polar surface area (TPSA) is 50.2 Å². The summed E-state index contributed by atoms with van der Waals surface area (Å²) in [6.45, 7) is 1.62. The molecule has 0 aliphatic carbocycles. The van der Waals surface area contributed by atoms with E-state index in [0.29, 0.717) is 23.0 Å². The molecule has 1 aromatic heterocycles. The van der Waals surface area contributed by atoms with Gasteiger partial charge in [-0.2, -0.15) is 0 Å². The summed E-state index contributed by atoms with van der Waals surface area (Å²) in [5.41, 5.74) is 1.22. The maximum absolute atomic E-state index is 13.2. The van der Waals surface area contributed by atoms with Crippen molar-refractivity contribution in [3.05, 3.63) is 40.8 Å². The van der Waals surface area contributed by atoms with E-state index in [0.717, 1.165) is 0 Å². The Labute approximate surface area is 108 Å². The molecule has 2 aromatic rings. The van der Waals surface area contributed by atoms with Crippen molar-refractivity contribution < 1.29 is 14.3 Å². The van der Waals surface area contributed by atoms with Gasteiger partial charge in [0, 0.05) is 17.5 Å². The molecule has 94 valence electrons. The molecule has 0 saturated carbocycles. The second kappa shape index (κ2) is 4.90. The molecule has 1 atom stereocenters. The molecule has 0 bridgehead atoms. The zero-order valence-electron chi connectivity index (χ0n) is 9.65. The molecule has 1 unspecified atom stereocenters. The standard InChI is InChI=1S/C13H11ClFNO2/c1-7(13(17)18)4-9-3-2-8-5-11(15)10(14)6-12(8)16-9/h2-3,5-7H,4H2,1H3,(H,17,18). The van der Waals surface area contributed by atoms with Crippen LogP contribution in [0.1, 0.15) is 12.6 Å². The highest BCUT2D eigenvalue weighted by Crippen LogP contribution is 2.22. The van der Waals surface area contributed by atoms with Gasteiger partial charge in [0.25, 0.3) is 0 Å². The lowest BCUT2D eigenvalue weighted by Gasteiger charge is -2.07. The number of hydrogen-bond donors (Lipinski definition) is 1. The fraction of sp³-hybridized carbons (Fsp3) is 0.231. The van der Waals surface area contributed by atoms with E-state index in [9.17, 15) is 9.18 Å². The SMILES string of the molecule is CC(Cc1ccc2cc(F)c(Cl)cc2n1)C(=O)O. The fourth-order valence-electron chi connectivity index (χ4n) is 1.67. The second-order valence-electron chi connectivity index (χ2n) is 4.21. The highest BCUT2D eigenvalue weighted by atomic mass is 35.5. The molecule has 0 fully saturated rings. The van der Waals surface area contributed by atoms with Gasteiger partial charge >= 0.3 is 5.97 Å². The minimum atomic E-state index is -0.867. The van der Waals surface area contributed by atoms with Crippen molar-refractivity contribution in [1.82, 2.24) is 4.98 Å². The van der Waals surface area contributed by atoms with Gasteiger partial charge in [0.1, 0.15) is 5.82 Å². The maximum atomic E-state index is 13.2. The van der Waals surface area contributed by atoms with Crippen LogP contribution in [0.25, 0.3) is 10.9 Å². The Hall–Kier alpha value is -1.68. The van der Waals surface area contributed by atoms with Gasteiger partial charge in [-0.3, -0.25) is 9.78 Å². The number of benzene rings is 1. The number of halogens is 2. The van der Waals surface area contributed by atoms with Crippen molar-refractivity contribution in [3.63, 3.8) is 0 Å². The summed E-state index contributed by atoms with van der Waals surface area (Å²) < 4.78 is 13.2. The molecular weight excluding hydrogens is 257 g/mol. The number of fused-ring (bicyclic) bond motifs is 1. The van der Waals surface area contributed by atoms with Gasteiger partial charge in [-0.05, 0) is 18.2 Å². The van der Waals surface area contributed by atoms with Gasteiger partial charge in [-0.25, -0.2) is 4.39 Å². The number of aromatic nitrogens is 1. The van der Waals surface area contributed by atoms with Gasteiger partial charge < -0.3 is 5.11 Å². The van der Waals surface area contributed by atoms with Crippen molar-refractivity contribution in [2.45, 2.75) is 13.3 Å². The van der Waals surface area contributed by atoms with Crippen LogP contribution in [0.15, 0.2) is 24.3 Å². The maximum Gasteiger partial charge on any atom is 0.306 e. The van der Waals surface area contributed by atoms with Crippen LogP contribution in [0.3, 0.4) is 0 Å². The molecule has 2 rings (SSSR count). The van der Waals surface area contributed by atoms with E-state index >= 15 is 0 Å². The van der Waals surface area contributed by atoms with Crippen LogP contribution < -0.4 is 0 Å². The van der Waals surface area contributed by atoms with E-state index in [1.807, 2.05) is 0 Å². The van der Waals surface area contributed by atoms with Crippen LogP contribution in [0.4, 0.5) is 4.39 Å². The van der Waals surface area contributed by atoms with Crippen LogP contribution in [0.5, 0.6) is 0 Å². The van der Waals surface area contributed by atoms with E-state index in [-0.39, 0.29) is 5.02 Å². The van der Waals surface area contributed by atoms with Gasteiger partial charge in [0.05, 0.1) is 16.5 Å². The van der Waals surface area contributed by atoms with Gasteiger partial charge in [0.15, 0.2) is 0 Å². The first kappa shape index (κ1) is 12.8. The first-order chi connectivity index (χ1) is 8.47.